The van der Waals surface area contributed by atoms with Gasteiger partial charge in [0.1, 0.15) is 0 Å². The van der Waals surface area contributed by atoms with Crippen molar-refractivity contribution in [3.8, 4) is 0 Å². The van der Waals surface area contributed by atoms with Gasteiger partial charge in [-0.2, -0.15) is 8.42 Å². The molecule has 13 aromatic carbocycles. The Morgan fingerprint density at radius 1 is 0.270 bits per heavy atom. The molecule has 0 aliphatic rings. The van der Waals surface area contributed by atoms with E-state index in [9.17, 15) is 90.1 Å². The molecule has 0 atom stereocenters. The molecule has 0 radical (unpaired) electrons. The van der Waals surface area contributed by atoms with Gasteiger partial charge in [-0.25, -0.2) is 72.5 Å². The van der Waals surface area contributed by atoms with Crippen LogP contribution in [0.25, 0.3) is 0 Å². The quantitative estimate of drug-likeness (QED) is 0.0181. The van der Waals surface area contributed by atoms with Gasteiger partial charge in [-0.3, -0.25) is 38.0 Å². The van der Waals surface area contributed by atoms with Gasteiger partial charge < -0.3 is 20.4 Å². The first-order valence-electron chi connectivity index (χ1n) is 43.2. The number of nitrogens with two attached hydrogens (primary N) is 1. The first-order chi connectivity index (χ1) is 66.3. The smallest absolute Gasteiger partial charge is 0.296 e. The van der Waals surface area contributed by atoms with Crippen LogP contribution in [0.4, 0.5) is 45.5 Å². The Labute approximate surface area is 823 Å². The molecule has 14 rings (SSSR count). The number of nitrogens with one attached hydrogen (secondary N) is 8. The summed E-state index contributed by atoms with van der Waals surface area (Å²) in [7, 11) is -35.4. The number of carbonyl (C=O) groups is 3. The van der Waals surface area contributed by atoms with Crippen LogP contribution >= 0.6 is 0 Å². The summed E-state index contributed by atoms with van der Waals surface area (Å²) in [5.74, 6) is -2.93. The standard InChI is InChI=1S/C29H28N2O5S2.C26H24N2O6S2.C25H28N2O5S2.C21H23N3O6S3/c1-21-8-13-26(14-9-21)37(33,34)20-24-19-25(30-29(32)18-23-6-4-3-5-7-23)12-17-28(24)31-38(35,36)27-15-10-22(2)11-16-27;1-18-5-10-22(11-6-18)35(30,31)17-20-16-21(27-26(29)25-4-3-15-34-25)9-14-24(20)28-36(32,33)23-12-7-19(2)8-13-23;1-4-5-25(28)26-21-10-15-24(27-34(31,32)23-13-8-19(3)9-14-23)20(16-21)17-33(29,30)22-11-6-18(2)7-12-22;1-15-3-8-19(9-4-15)31(25,26)14-17-13-18(23-33(22,29)30)7-12-21(17)24-32(27,28)20-10-5-16(2)6-11-20/h3-17,19,31H,18,20H2,1-2H3,(H,30,32);3-16,28H,17H2,1-2H3,(H,27,29);6-16,27H,4-5,17H2,1-3H3,(H,26,28);3-13,23-24H,14H2,1-2H3,(H2,22,29,30). The third kappa shape index (κ3) is 31.3. The number of hydrogen-bond donors (Lipinski definition) is 9. The summed E-state index contributed by atoms with van der Waals surface area (Å²) in [6, 6.07) is 79.9. The first kappa shape index (κ1) is 107. The highest BCUT2D eigenvalue weighted by Gasteiger charge is 2.29. The van der Waals surface area contributed by atoms with E-state index >= 15 is 0 Å². The number of sulfone groups is 4. The largest absolute Gasteiger partial charge is 0.459 e. The molecular formula is C101H103N9O22S9. The van der Waals surface area contributed by atoms with E-state index in [0.29, 0.717) is 24.2 Å². The van der Waals surface area contributed by atoms with Crippen molar-refractivity contribution >= 4 is 153 Å². The van der Waals surface area contributed by atoms with E-state index in [1.165, 1.54) is 176 Å². The van der Waals surface area contributed by atoms with E-state index in [-0.39, 0.29) is 120 Å². The molecule has 10 N–H and O–H groups in total. The second-order valence-electron chi connectivity index (χ2n) is 33.0. The van der Waals surface area contributed by atoms with Crippen LogP contribution in [0, 0.1) is 55.4 Å². The molecule has 0 aliphatic carbocycles. The Hall–Kier alpha value is -13.9. The van der Waals surface area contributed by atoms with Gasteiger partial charge in [0.05, 0.1) is 103 Å². The van der Waals surface area contributed by atoms with E-state index in [2.05, 4.69) is 39.6 Å². The highest BCUT2D eigenvalue weighted by molar-refractivity contribution is 7.94. The zero-order valence-corrected chi connectivity index (χ0v) is 85.1. The van der Waals surface area contributed by atoms with Crippen LogP contribution in [-0.4, -0.2) is 93.5 Å². The van der Waals surface area contributed by atoms with Crippen molar-refractivity contribution in [2.24, 2.45) is 5.14 Å². The van der Waals surface area contributed by atoms with Gasteiger partial charge in [-0.15, -0.1) is 0 Å². The number of rotatable bonds is 34. The molecule has 1 heterocycles. The summed E-state index contributed by atoms with van der Waals surface area (Å²) in [4.78, 5) is 37.6. The zero-order chi connectivity index (χ0) is 103. The second-order valence-corrected chi connectivity index (χ2v) is 49.0. The molecule has 1 aromatic heterocycles. The number of furan rings is 1. The molecule has 3 amide bonds. The van der Waals surface area contributed by atoms with Gasteiger partial charge in [0.15, 0.2) is 45.1 Å². The summed E-state index contributed by atoms with van der Waals surface area (Å²) in [5, 5.41) is 13.2. The Kier molecular flexibility index (Phi) is 35.1. The molecule has 0 bridgehead atoms. The maximum atomic E-state index is 13.2. The maximum absolute atomic E-state index is 13.2. The number of benzene rings is 13. The van der Waals surface area contributed by atoms with Crippen LogP contribution in [0.15, 0.2) is 359 Å². The van der Waals surface area contributed by atoms with Gasteiger partial charge in [-0.1, -0.05) is 179 Å². The van der Waals surface area contributed by atoms with Gasteiger partial charge in [0.25, 0.3) is 56.2 Å². The number of aryl methyl sites for hydroxylation is 8. The molecule has 0 aliphatic heterocycles. The van der Waals surface area contributed by atoms with Crippen molar-refractivity contribution in [1.29, 1.82) is 0 Å². The zero-order valence-electron chi connectivity index (χ0n) is 77.7. The first-order valence-corrected chi connectivity index (χ1v) is 57.3. The number of hydrogen-bond acceptors (Lipinski definition) is 22. The van der Waals surface area contributed by atoms with Gasteiger partial charge in [-0.05, 0) is 272 Å². The van der Waals surface area contributed by atoms with Crippen molar-refractivity contribution in [3.63, 3.8) is 0 Å². The highest BCUT2D eigenvalue weighted by Crippen LogP contribution is 2.35. The fourth-order valence-electron chi connectivity index (χ4n) is 13.6. The van der Waals surface area contributed by atoms with Crippen molar-refractivity contribution in [2.45, 2.75) is 144 Å². The third-order valence-corrected chi connectivity index (χ3v) is 33.9. The van der Waals surface area contributed by atoms with Crippen LogP contribution in [0.1, 0.15) is 103 Å². The number of amides is 3. The Morgan fingerprint density at radius 2 is 0.518 bits per heavy atom. The minimum absolute atomic E-state index is 0.00724. The molecule has 0 unspecified atom stereocenters. The predicted octanol–water partition coefficient (Wildman–Crippen LogP) is 17.7. The number of anilines is 8. The van der Waals surface area contributed by atoms with E-state index in [4.69, 9.17) is 9.56 Å². The van der Waals surface area contributed by atoms with Gasteiger partial charge in [0.2, 0.25) is 11.8 Å². The van der Waals surface area contributed by atoms with Crippen LogP contribution in [0.3, 0.4) is 0 Å². The predicted molar refractivity (Wildman–Crippen MR) is 548 cm³/mol. The Balaban J connectivity index is 0.000000180. The molecule has 40 heteroatoms. The van der Waals surface area contributed by atoms with E-state index < -0.39 is 119 Å². The molecule has 0 spiro atoms. The molecular weight excluding hydrogens is 1980 g/mol. The summed E-state index contributed by atoms with van der Waals surface area (Å²) >= 11 is 0. The summed E-state index contributed by atoms with van der Waals surface area (Å²) in [5.41, 5.74) is 10.0. The van der Waals surface area contributed by atoms with Crippen molar-refractivity contribution in [1.82, 2.24) is 0 Å². The second kappa shape index (κ2) is 46.0. The van der Waals surface area contributed by atoms with E-state index in [1.54, 1.807) is 109 Å². The lowest BCUT2D eigenvalue weighted by atomic mass is 10.1. The SMILES string of the molecule is CCCC(=O)Nc1ccc(NS(=O)(=O)c2ccc(C)cc2)c(CS(=O)(=O)c2ccc(C)cc2)c1.Cc1ccc(S(=O)(=O)Cc2cc(NC(=O)Cc3ccccc3)ccc2NS(=O)(=O)c2ccc(C)cc2)cc1.Cc1ccc(S(=O)(=O)Cc2cc(NC(=O)c3ccco3)ccc2NS(=O)(=O)c2ccc(C)cc2)cc1.Cc1ccc(S(=O)(=O)Cc2cc(NS(N)(=O)=O)ccc2NS(=O)(=O)c2ccc(C)cc2)cc1. The lowest BCUT2D eigenvalue weighted by molar-refractivity contribution is -0.116. The molecule has 0 fully saturated rings. The third-order valence-electron chi connectivity index (χ3n) is 21.1. The van der Waals surface area contributed by atoms with E-state index in [0.717, 1.165) is 50.1 Å². The highest BCUT2D eigenvalue weighted by atomic mass is 32.2. The van der Waals surface area contributed by atoms with Gasteiger partial charge >= 0.3 is 0 Å². The number of sulfonamides is 4. The molecule has 141 heavy (non-hydrogen) atoms. The minimum atomic E-state index is -4.13. The fourth-order valence-corrected chi connectivity index (χ4v) is 23.9. The monoisotopic (exact) mass is 2080 g/mol. The van der Waals surface area contributed by atoms with E-state index in [1.807, 2.05) is 92.6 Å². The van der Waals surface area contributed by atoms with Crippen molar-refractivity contribution in [3.05, 3.63) is 394 Å². The summed E-state index contributed by atoms with van der Waals surface area (Å²) in [6.45, 7) is 16.6. The Morgan fingerprint density at radius 3 is 0.773 bits per heavy atom. The molecule has 738 valence electrons. The summed E-state index contributed by atoms with van der Waals surface area (Å²) < 4.78 is 249. The van der Waals surface area contributed by atoms with Gasteiger partial charge in [0, 0.05) is 23.5 Å². The van der Waals surface area contributed by atoms with Crippen LogP contribution in [0.2, 0.25) is 0 Å². The number of carbonyl (C=O) groups excluding carboxylic acids is 3. The topological polar surface area (TPSA) is 494 Å². The average Bonchev–Trinajstić information content (AvgIpc) is 1.56. The lowest BCUT2D eigenvalue weighted by Crippen LogP contribution is -2.22. The molecule has 31 nitrogen and oxygen atoms in total. The average molecular weight is 2080 g/mol. The van der Waals surface area contributed by atoms with Crippen LogP contribution in [0.5, 0.6) is 0 Å². The lowest BCUT2D eigenvalue weighted by Gasteiger charge is -2.16. The van der Waals surface area contributed by atoms with Crippen LogP contribution < -0.4 is 44.7 Å². The van der Waals surface area contributed by atoms with Crippen molar-refractivity contribution < 1.29 is 94.6 Å². The fraction of sp³-hybridized carbons (Fsp3) is 0.158. The van der Waals surface area contributed by atoms with Crippen molar-refractivity contribution in [2.75, 3.05) is 39.6 Å². The normalized spacial score (nSPS) is 11.8. The molecule has 0 saturated heterocycles. The summed E-state index contributed by atoms with van der Waals surface area (Å²) in [6.07, 6.45) is 2.48. The molecule has 0 saturated carbocycles. The molecule has 14 aromatic rings. The minimum Gasteiger partial charge on any atom is -0.459 e. The van der Waals surface area contributed by atoms with Crippen LogP contribution in [-0.2, 0) is 129 Å². The Bertz CT molecular complexity index is 8010. The maximum Gasteiger partial charge on any atom is 0.296 e.